The van der Waals surface area contributed by atoms with Gasteiger partial charge < -0.3 is 28.6 Å². The molecule has 2 unspecified atom stereocenters. The fourth-order valence-corrected chi connectivity index (χ4v) is 6.58. The summed E-state index contributed by atoms with van der Waals surface area (Å²) in [5, 5.41) is 0. The number of carbonyl (C=O) groups excluding carboxylic acids is 4. The molecule has 0 saturated carbocycles. The van der Waals surface area contributed by atoms with Gasteiger partial charge in [0.05, 0.1) is 12.5 Å². The molecule has 9 heteroatoms. The van der Waals surface area contributed by atoms with Gasteiger partial charge in [-0.2, -0.15) is 0 Å². The summed E-state index contributed by atoms with van der Waals surface area (Å²) in [5.74, 6) is -0.0253. The van der Waals surface area contributed by atoms with Crippen LogP contribution in [0.4, 0.5) is 0 Å². The summed E-state index contributed by atoms with van der Waals surface area (Å²) in [6.07, 6.45) is 5.39. The number of ether oxygens (including phenoxy) is 4. The third-order valence-corrected chi connectivity index (χ3v) is 8.14. The van der Waals surface area contributed by atoms with Crippen LogP contribution in [0.3, 0.4) is 0 Å². The van der Waals surface area contributed by atoms with E-state index in [1.54, 1.807) is 6.07 Å². The first-order chi connectivity index (χ1) is 17.7. The average molecular weight is 512 g/mol. The number of rotatable bonds is 10. The van der Waals surface area contributed by atoms with Crippen molar-refractivity contribution in [3.63, 3.8) is 0 Å². The van der Waals surface area contributed by atoms with Crippen LogP contribution in [0.1, 0.15) is 56.6 Å². The maximum atomic E-state index is 12.7. The molecule has 0 amide bonds. The number of benzene rings is 1. The van der Waals surface area contributed by atoms with Gasteiger partial charge in [-0.25, -0.2) is 0 Å². The largest absolute Gasteiger partial charge is 0.481 e. The Morgan fingerprint density at radius 1 is 1.03 bits per heavy atom. The van der Waals surface area contributed by atoms with Crippen molar-refractivity contribution in [3.8, 4) is 11.5 Å². The second-order valence-electron chi connectivity index (χ2n) is 10.5. The van der Waals surface area contributed by atoms with Crippen molar-refractivity contribution >= 4 is 23.7 Å². The Kier molecular flexibility index (Phi) is 6.83. The Morgan fingerprint density at radius 2 is 1.76 bits per heavy atom. The molecule has 4 aliphatic rings. The highest BCUT2D eigenvalue weighted by atomic mass is 16.6. The molecule has 0 radical (unpaired) electrons. The van der Waals surface area contributed by atoms with Gasteiger partial charge in [-0.3, -0.25) is 14.4 Å². The average Bonchev–Trinajstić information content (AvgIpc) is 3.30. The first-order valence-electron chi connectivity index (χ1n) is 12.9. The fourth-order valence-electron chi connectivity index (χ4n) is 6.58. The van der Waals surface area contributed by atoms with Crippen molar-refractivity contribution in [1.29, 1.82) is 0 Å². The minimum atomic E-state index is -0.605. The number of esters is 3. The number of ketones is 1. The Morgan fingerprint density at radius 3 is 2.51 bits per heavy atom. The normalized spacial score (nSPS) is 28.3. The molecule has 1 saturated heterocycles. The van der Waals surface area contributed by atoms with Crippen molar-refractivity contribution in [2.45, 2.75) is 75.5 Å². The zero-order chi connectivity index (χ0) is 26.3. The van der Waals surface area contributed by atoms with E-state index in [9.17, 15) is 19.2 Å². The summed E-state index contributed by atoms with van der Waals surface area (Å²) >= 11 is 0. The van der Waals surface area contributed by atoms with Crippen LogP contribution < -0.4 is 9.47 Å². The molecule has 5 rings (SSSR count). The molecule has 9 nitrogen and oxygen atoms in total. The predicted octanol–water partition coefficient (Wildman–Crippen LogP) is 2.66. The van der Waals surface area contributed by atoms with Gasteiger partial charge in [-0.15, -0.1) is 0 Å². The van der Waals surface area contributed by atoms with E-state index < -0.39 is 29.6 Å². The lowest BCUT2D eigenvalue weighted by molar-refractivity contribution is -0.153. The molecule has 0 aromatic heterocycles. The fraction of sp³-hybridized carbons (Fsp3) is 0.571. The van der Waals surface area contributed by atoms with Crippen LogP contribution in [0.15, 0.2) is 24.3 Å². The topological polar surface area (TPSA) is 108 Å². The molecular formula is C28H33NO8. The number of carbonyl (C=O) groups is 4. The number of hydrogen-bond donors (Lipinski definition) is 0. The molecule has 2 aliphatic heterocycles. The quantitative estimate of drug-likeness (QED) is 0.266. The molecule has 1 spiro atoms. The highest BCUT2D eigenvalue weighted by Gasteiger charge is 2.67. The van der Waals surface area contributed by atoms with E-state index in [1.807, 2.05) is 12.1 Å². The van der Waals surface area contributed by atoms with Gasteiger partial charge in [0.1, 0.15) is 5.78 Å². The lowest BCUT2D eigenvalue weighted by Gasteiger charge is -2.44. The Bertz CT molecular complexity index is 1160. The van der Waals surface area contributed by atoms with Crippen molar-refractivity contribution < 1.29 is 38.1 Å². The third-order valence-electron chi connectivity index (χ3n) is 8.14. The standard InChI is InChI=1S/C28H33NO8/c1-16(30)6-4-8-23(32)35-20-12-10-17-14-19-18-11-13-21(36-24(33)9-5-7-22(31)34-3)27-28(18,15-29(19)2)25(17)26(20)37-27/h10-13,18-19,21,27H,4-9,14-15H2,1-3H3/t18-,19?,21-,27-,28?/m0/s1. The third kappa shape index (κ3) is 4.43. The van der Waals surface area contributed by atoms with Gasteiger partial charge in [-0.1, -0.05) is 12.1 Å². The van der Waals surface area contributed by atoms with Crippen LogP contribution >= 0.6 is 0 Å². The molecule has 2 aliphatic carbocycles. The van der Waals surface area contributed by atoms with Crippen LogP contribution in [-0.2, 0) is 40.5 Å². The number of likely N-dealkylation sites (tertiary alicyclic amines) is 1. The highest BCUT2D eigenvalue weighted by Crippen LogP contribution is 2.62. The predicted molar refractivity (Wildman–Crippen MR) is 131 cm³/mol. The molecule has 1 fully saturated rings. The van der Waals surface area contributed by atoms with E-state index in [-0.39, 0.29) is 36.9 Å². The van der Waals surface area contributed by atoms with E-state index in [2.05, 4.69) is 22.8 Å². The smallest absolute Gasteiger partial charge is 0.311 e. The van der Waals surface area contributed by atoms with Gasteiger partial charge in [-0.05, 0) is 50.9 Å². The maximum absolute atomic E-state index is 12.7. The van der Waals surface area contributed by atoms with Gasteiger partial charge in [0, 0.05) is 49.8 Å². The monoisotopic (exact) mass is 511 g/mol. The molecule has 37 heavy (non-hydrogen) atoms. The van der Waals surface area contributed by atoms with E-state index in [0.29, 0.717) is 36.8 Å². The SMILES string of the molecule is COC(=O)CCCC(=O)O[C@H]1C=C[C@H]2C3Cc4ccc(OC(=O)CCCC(C)=O)c5c4C2(CN3C)[C@H]1O5. The van der Waals surface area contributed by atoms with Crippen LogP contribution in [-0.4, -0.2) is 67.5 Å². The van der Waals surface area contributed by atoms with Crippen LogP contribution in [0.5, 0.6) is 11.5 Å². The summed E-state index contributed by atoms with van der Waals surface area (Å²) in [6.45, 7) is 2.24. The van der Waals surface area contributed by atoms with E-state index in [4.69, 9.17) is 14.2 Å². The van der Waals surface area contributed by atoms with Crippen LogP contribution in [0.2, 0.25) is 0 Å². The second kappa shape index (κ2) is 9.93. The molecule has 5 atom stereocenters. The molecule has 1 aromatic rings. The van der Waals surface area contributed by atoms with Crippen molar-refractivity contribution in [2.24, 2.45) is 5.92 Å². The number of likely N-dealkylation sites (N-methyl/N-ethyl adjacent to an activating group) is 1. The zero-order valence-corrected chi connectivity index (χ0v) is 21.5. The van der Waals surface area contributed by atoms with Crippen molar-refractivity contribution in [2.75, 3.05) is 20.7 Å². The Labute approximate surface area is 216 Å². The van der Waals surface area contributed by atoms with Gasteiger partial charge in [0.25, 0.3) is 0 Å². The molecule has 2 bridgehead atoms. The van der Waals surface area contributed by atoms with Crippen molar-refractivity contribution in [1.82, 2.24) is 4.90 Å². The maximum Gasteiger partial charge on any atom is 0.311 e. The Hall–Kier alpha value is -3.20. The van der Waals surface area contributed by atoms with Gasteiger partial charge in [0.2, 0.25) is 0 Å². The van der Waals surface area contributed by atoms with Crippen molar-refractivity contribution in [3.05, 3.63) is 35.4 Å². The minimum Gasteiger partial charge on any atom is -0.481 e. The first-order valence-corrected chi connectivity index (χ1v) is 12.9. The second-order valence-corrected chi connectivity index (χ2v) is 10.5. The number of hydrogen-bond acceptors (Lipinski definition) is 9. The summed E-state index contributed by atoms with van der Waals surface area (Å²) < 4.78 is 22.8. The highest BCUT2D eigenvalue weighted by molar-refractivity contribution is 5.78. The minimum absolute atomic E-state index is 0.0380. The van der Waals surface area contributed by atoms with Gasteiger partial charge >= 0.3 is 17.9 Å². The summed E-state index contributed by atoms with van der Waals surface area (Å²) in [5.41, 5.74) is 1.80. The Balaban J connectivity index is 1.39. The summed E-state index contributed by atoms with van der Waals surface area (Å²) in [6, 6.07) is 4.10. The summed E-state index contributed by atoms with van der Waals surface area (Å²) in [4.78, 5) is 50.2. The lowest BCUT2D eigenvalue weighted by Crippen LogP contribution is -2.55. The molecule has 1 aromatic carbocycles. The van der Waals surface area contributed by atoms with E-state index in [0.717, 1.165) is 24.1 Å². The number of Topliss-reactive ketones (excluding diaryl/α,β-unsaturated/α-hetero) is 1. The number of methoxy groups -OCH3 is 1. The first kappa shape index (κ1) is 25.4. The van der Waals surface area contributed by atoms with Gasteiger partial charge in [0.15, 0.2) is 23.7 Å². The zero-order valence-electron chi connectivity index (χ0n) is 21.5. The molecule has 198 valence electrons. The lowest BCUT2D eigenvalue weighted by atomic mass is 9.59. The summed E-state index contributed by atoms with van der Waals surface area (Å²) in [7, 11) is 3.43. The molecule has 2 heterocycles. The van der Waals surface area contributed by atoms with Crippen LogP contribution in [0.25, 0.3) is 0 Å². The number of nitrogens with zero attached hydrogens (tertiary/aromatic N) is 1. The van der Waals surface area contributed by atoms with E-state index in [1.165, 1.54) is 14.0 Å². The molecular weight excluding hydrogens is 478 g/mol. The van der Waals surface area contributed by atoms with E-state index >= 15 is 0 Å². The van der Waals surface area contributed by atoms with Crippen LogP contribution in [0, 0.1) is 5.92 Å². The molecule has 0 N–H and O–H groups in total.